The summed E-state index contributed by atoms with van der Waals surface area (Å²) in [5, 5.41) is 0. The minimum atomic E-state index is 0.815. The Morgan fingerprint density at radius 2 is 2.17 bits per heavy atom. The van der Waals surface area contributed by atoms with E-state index >= 15 is 0 Å². The molecule has 1 aromatic rings. The number of anilines is 1. The normalized spacial score (nSPS) is 16.5. The lowest BCUT2D eigenvalue weighted by Crippen LogP contribution is -2.28. The molecule has 1 aromatic heterocycles. The van der Waals surface area contributed by atoms with Gasteiger partial charge in [-0.2, -0.15) is 0 Å². The van der Waals surface area contributed by atoms with E-state index in [4.69, 9.17) is 0 Å². The highest BCUT2D eigenvalue weighted by Crippen LogP contribution is 2.08. The lowest BCUT2D eigenvalue weighted by molar-refractivity contribution is 0.776. The molecule has 0 aromatic carbocycles. The molecule has 0 aliphatic carbocycles. The zero-order valence-corrected chi connectivity index (χ0v) is 6.77. The molecule has 0 atom stereocenters. The minimum absolute atomic E-state index is 0.815. The lowest BCUT2D eigenvalue weighted by atomic mass is 10.3. The van der Waals surface area contributed by atoms with Crippen LogP contribution in [0.25, 0.3) is 0 Å². The maximum atomic E-state index is 4.17. The van der Waals surface area contributed by atoms with Crippen molar-refractivity contribution in [2.24, 2.45) is 0 Å². The maximum absolute atomic E-state index is 4.17. The maximum Gasteiger partial charge on any atom is 0.225 e. The summed E-state index contributed by atoms with van der Waals surface area (Å²) < 4.78 is 0. The number of rotatable bonds is 1. The van der Waals surface area contributed by atoms with E-state index in [2.05, 4.69) is 20.9 Å². The topological polar surface area (TPSA) is 29.0 Å². The number of nitrogens with zero attached hydrogens (tertiary/aromatic N) is 3. The van der Waals surface area contributed by atoms with Crippen molar-refractivity contribution >= 4 is 5.95 Å². The van der Waals surface area contributed by atoms with Gasteiger partial charge >= 0.3 is 0 Å². The summed E-state index contributed by atoms with van der Waals surface area (Å²) in [5.74, 6) is 0.815. The van der Waals surface area contributed by atoms with Gasteiger partial charge in [0.25, 0.3) is 0 Å². The molecule has 3 nitrogen and oxygen atoms in total. The first-order chi connectivity index (χ1) is 5.97. The molecule has 0 bridgehead atoms. The Morgan fingerprint density at radius 1 is 1.33 bits per heavy atom. The van der Waals surface area contributed by atoms with Gasteiger partial charge in [0, 0.05) is 25.5 Å². The third-order valence-corrected chi connectivity index (χ3v) is 1.82. The molecule has 0 N–H and O–H groups in total. The number of hydrogen-bond acceptors (Lipinski definition) is 3. The van der Waals surface area contributed by atoms with Crippen molar-refractivity contribution in [1.82, 2.24) is 9.97 Å². The standard InChI is InChI=1S/C9H10N3/c1-2-7-12(8-3-1)9-10-5-4-6-11-9/h2,4-6H,3,7-8H2. The van der Waals surface area contributed by atoms with Crippen LogP contribution in [-0.2, 0) is 0 Å². The predicted molar refractivity (Wildman–Crippen MR) is 46.7 cm³/mol. The van der Waals surface area contributed by atoms with Gasteiger partial charge in [0.1, 0.15) is 0 Å². The molecule has 0 saturated heterocycles. The fourth-order valence-corrected chi connectivity index (χ4v) is 1.20. The van der Waals surface area contributed by atoms with E-state index in [9.17, 15) is 0 Å². The fraction of sp³-hybridized carbons (Fsp3) is 0.333. The van der Waals surface area contributed by atoms with Gasteiger partial charge in [-0.3, -0.25) is 0 Å². The first-order valence-electron chi connectivity index (χ1n) is 4.04. The quantitative estimate of drug-likeness (QED) is 0.614. The third kappa shape index (κ3) is 1.44. The highest BCUT2D eigenvalue weighted by atomic mass is 15.2. The molecule has 1 aliphatic rings. The molecule has 0 amide bonds. The summed E-state index contributed by atoms with van der Waals surface area (Å²) in [7, 11) is 0. The molecule has 61 valence electrons. The van der Waals surface area contributed by atoms with Crippen LogP contribution >= 0.6 is 0 Å². The van der Waals surface area contributed by atoms with E-state index in [1.165, 1.54) is 0 Å². The van der Waals surface area contributed by atoms with Crippen molar-refractivity contribution in [2.45, 2.75) is 6.42 Å². The van der Waals surface area contributed by atoms with Crippen LogP contribution < -0.4 is 4.90 Å². The molecule has 1 radical (unpaired) electrons. The van der Waals surface area contributed by atoms with Gasteiger partial charge in [-0.1, -0.05) is 6.08 Å². The minimum Gasteiger partial charge on any atom is -0.337 e. The van der Waals surface area contributed by atoms with Crippen LogP contribution in [0.2, 0.25) is 0 Å². The van der Waals surface area contributed by atoms with Crippen LogP contribution in [0.15, 0.2) is 24.5 Å². The summed E-state index contributed by atoms with van der Waals surface area (Å²) in [4.78, 5) is 10.5. The van der Waals surface area contributed by atoms with Gasteiger partial charge in [-0.25, -0.2) is 9.97 Å². The number of aromatic nitrogens is 2. The molecule has 0 spiro atoms. The zero-order valence-electron chi connectivity index (χ0n) is 6.77. The Hall–Kier alpha value is -1.38. The van der Waals surface area contributed by atoms with Gasteiger partial charge in [0.05, 0.1) is 0 Å². The van der Waals surface area contributed by atoms with E-state index in [0.717, 1.165) is 25.5 Å². The van der Waals surface area contributed by atoms with Gasteiger partial charge in [-0.05, 0) is 18.6 Å². The van der Waals surface area contributed by atoms with Crippen LogP contribution in [0.5, 0.6) is 0 Å². The SMILES string of the molecule is [C]1=CCN(c2ncccn2)CC1. The van der Waals surface area contributed by atoms with E-state index in [-0.39, 0.29) is 0 Å². The second-order valence-corrected chi connectivity index (χ2v) is 2.65. The van der Waals surface area contributed by atoms with Crippen LogP contribution in [0.1, 0.15) is 6.42 Å². The number of hydrogen-bond donors (Lipinski definition) is 0. The molecule has 1 aliphatic heterocycles. The van der Waals surface area contributed by atoms with Crippen molar-refractivity contribution < 1.29 is 0 Å². The van der Waals surface area contributed by atoms with Crippen molar-refractivity contribution in [3.05, 3.63) is 30.6 Å². The van der Waals surface area contributed by atoms with Gasteiger partial charge in [0.2, 0.25) is 5.95 Å². The second kappa shape index (κ2) is 3.34. The monoisotopic (exact) mass is 160 g/mol. The summed E-state index contributed by atoms with van der Waals surface area (Å²) in [5.41, 5.74) is 0. The molecule has 0 unspecified atom stereocenters. The average molecular weight is 160 g/mol. The Morgan fingerprint density at radius 3 is 2.83 bits per heavy atom. The zero-order chi connectivity index (χ0) is 8.23. The Kier molecular flexibility index (Phi) is 2.03. The summed E-state index contributed by atoms with van der Waals surface area (Å²) in [6.45, 7) is 1.85. The van der Waals surface area contributed by atoms with Crippen LogP contribution in [-0.4, -0.2) is 23.1 Å². The van der Waals surface area contributed by atoms with Crippen LogP contribution in [0.4, 0.5) is 5.95 Å². The molecule has 2 rings (SSSR count). The first-order valence-corrected chi connectivity index (χ1v) is 4.04. The highest BCUT2D eigenvalue weighted by Gasteiger charge is 2.08. The summed E-state index contributed by atoms with van der Waals surface area (Å²) >= 11 is 0. The summed E-state index contributed by atoms with van der Waals surface area (Å²) in [6, 6.07) is 1.83. The Labute approximate surface area is 71.8 Å². The lowest BCUT2D eigenvalue weighted by Gasteiger charge is -2.22. The second-order valence-electron chi connectivity index (χ2n) is 2.65. The van der Waals surface area contributed by atoms with Gasteiger partial charge in [0.15, 0.2) is 0 Å². The Balaban J connectivity index is 2.15. The molecular weight excluding hydrogens is 150 g/mol. The average Bonchev–Trinajstić information content (AvgIpc) is 2.21. The Bertz CT molecular complexity index is 268. The van der Waals surface area contributed by atoms with Gasteiger partial charge in [-0.15, -0.1) is 0 Å². The predicted octanol–water partition coefficient (Wildman–Crippen LogP) is 1.05. The van der Waals surface area contributed by atoms with E-state index in [0.29, 0.717) is 0 Å². The fourth-order valence-electron chi connectivity index (χ4n) is 1.20. The van der Waals surface area contributed by atoms with E-state index in [1.807, 2.05) is 12.1 Å². The molecule has 0 saturated carbocycles. The molecule has 0 fully saturated rings. The molecule has 12 heavy (non-hydrogen) atoms. The molecule has 2 heterocycles. The third-order valence-electron chi connectivity index (χ3n) is 1.82. The first kappa shape index (κ1) is 7.28. The van der Waals surface area contributed by atoms with E-state index < -0.39 is 0 Å². The van der Waals surface area contributed by atoms with E-state index in [1.54, 1.807) is 12.4 Å². The molecule has 3 heteroatoms. The molecular formula is C9H10N3. The smallest absolute Gasteiger partial charge is 0.225 e. The summed E-state index contributed by atoms with van der Waals surface area (Å²) in [6.07, 6.45) is 9.70. The van der Waals surface area contributed by atoms with Crippen molar-refractivity contribution in [2.75, 3.05) is 18.0 Å². The largest absolute Gasteiger partial charge is 0.337 e. The van der Waals surface area contributed by atoms with Gasteiger partial charge < -0.3 is 4.90 Å². The van der Waals surface area contributed by atoms with Crippen LogP contribution in [0, 0.1) is 6.08 Å². The van der Waals surface area contributed by atoms with Crippen molar-refractivity contribution in [3.8, 4) is 0 Å². The van der Waals surface area contributed by atoms with Crippen molar-refractivity contribution in [3.63, 3.8) is 0 Å². The van der Waals surface area contributed by atoms with Crippen LogP contribution in [0.3, 0.4) is 0 Å². The van der Waals surface area contributed by atoms with Crippen molar-refractivity contribution in [1.29, 1.82) is 0 Å². The highest BCUT2D eigenvalue weighted by molar-refractivity contribution is 5.30.